The lowest BCUT2D eigenvalue weighted by Gasteiger charge is -2.42. The highest BCUT2D eigenvalue weighted by Gasteiger charge is 2.33. The van der Waals surface area contributed by atoms with Crippen molar-refractivity contribution in [2.24, 2.45) is 0 Å². The van der Waals surface area contributed by atoms with Gasteiger partial charge in [0.15, 0.2) is 11.6 Å². The van der Waals surface area contributed by atoms with Crippen molar-refractivity contribution in [3.8, 4) is 0 Å². The summed E-state index contributed by atoms with van der Waals surface area (Å²) in [5.74, 6) is -3.30. The van der Waals surface area contributed by atoms with Crippen LogP contribution in [0, 0.1) is 17.5 Å². The van der Waals surface area contributed by atoms with Crippen LogP contribution in [-0.4, -0.2) is 55.6 Å². The number of amides is 1. The first kappa shape index (κ1) is 25.0. The number of carbonyl (C=O) groups excluding carboxylic acids is 1. The van der Waals surface area contributed by atoms with Crippen molar-refractivity contribution < 1.29 is 27.8 Å². The van der Waals surface area contributed by atoms with E-state index in [1.165, 1.54) is 0 Å². The molecule has 1 fully saturated rings. The monoisotopic (exact) mass is 485 g/mol. The second-order valence-corrected chi connectivity index (χ2v) is 10.1. The quantitative estimate of drug-likeness (QED) is 0.590. The van der Waals surface area contributed by atoms with E-state index in [1.54, 1.807) is 43.0 Å². The van der Waals surface area contributed by atoms with Crippen LogP contribution in [0.2, 0.25) is 0 Å². The van der Waals surface area contributed by atoms with Crippen molar-refractivity contribution >= 4 is 21.6 Å². The van der Waals surface area contributed by atoms with Gasteiger partial charge in [-0.2, -0.15) is 0 Å². The first-order valence-electron chi connectivity index (χ1n) is 10.8. The average Bonchev–Trinajstić information content (AvgIpc) is 2.76. The van der Waals surface area contributed by atoms with Crippen LogP contribution in [0.15, 0.2) is 36.4 Å². The fourth-order valence-corrected chi connectivity index (χ4v) is 5.23. The lowest BCUT2D eigenvalue weighted by atomic mass is 10.0. The van der Waals surface area contributed by atoms with Crippen LogP contribution < -0.4 is 4.72 Å². The number of nitrogens with zero attached hydrogens (tertiary/aromatic N) is 2. The molecule has 1 heterocycles. The molecule has 1 N–H and O–H groups in total. The smallest absolute Gasteiger partial charge is 0.254 e. The Kier molecular flexibility index (Phi) is 7.69. The number of rotatable bonds is 7. The molecule has 2 aromatic rings. The second kappa shape index (κ2) is 10.1. The predicted octanol–water partition coefficient (Wildman–Crippen LogP) is 4.41. The molecule has 1 saturated heterocycles. The Morgan fingerprint density at radius 2 is 1.76 bits per heavy atom. The minimum Gasteiger partial charge on any atom is -0.333 e. The van der Waals surface area contributed by atoms with E-state index < -0.39 is 33.5 Å². The third-order valence-corrected chi connectivity index (χ3v) is 7.34. The molecule has 0 spiro atoms. The fraction of sp³-hybridized carbons (Fsp3) is 0.435. The van der Waals surface area contributed by atoms with Crippen LogP contribution in [0.5, 0.6) is 0 Å². The van der Waals surface area contributed by atoms with Crippen molar-refractivity contribution in [2.45, 2.75) is 39.3 Å². The van der Waals surface area contributed by atoms with Gasteiger partial charge in [0.1, 0.15) is 5.82 Å². The normalized spacial score (nSPS) is 18.2. The zero-order valence-electron chi connectivity index (χ0n) is 18.8. The number of benzene rings is 2. The number of nitrogens with one attached hydrogen (secondary N) is 1. The van der Waals surface area contributed by atoms with Crippen LogP contribution in [0.3, 0.4) is 0 Å². The summed E-state index contributed by atoms with van der Waals surface area (Å²) < 4.78 is 68.3. The number of carbonyl (C=O) groups is 1. The van der Waals surface area contributed by atoms with Crippen LogP contribution in [0.25, 0.3) is 0 Å². The zero-order chi connectivity index (χ0) is 24.3. The molecule has 6 nitrogen and oxygen atoms in total. The standard InChI is InChI=1S/C23H28F3N3O3S.H2/c1-4-13-33(31,32)27-18-7-5-17(6-8-18)23(30)29-12-11-28(14-15(29)2)16(3)21-19(24)9-10-20(25)22(21)26;/h5-10,15-16,27H,4,11-14H2,1-3H3;1H/t15-,16?;/m0./s1. The molecule has 1 unspecified atom stereocenters. The Morgan fingerprint density at radius 3 is 2.36 bits per heavy atom. The molecule has 0 bridgehead atoms. The van der Waals surface area contributed by atoms with Gasteiger partial charge >= 0.3 is 0 Å². The summed E-state index contributed by atoms with van der Waals surface area (Å²) in [6, 6.07) is 6.93. The summed E-state index contributed by atoms with van der Waals surface area (Å²) in [5, 5.41) is 0. The van der Waals surface area contributed by atoms with Gasteiger partial charge in [0.2, 0.25) is 10.0 Å². The van der Waals surface area contributed by atoms with Gasteiger partial charge in [-0.05, 0) is 56.7 Å². The van der Waals surface area contributed by atoms with Crippen LogP contribution in [-0.2, 0) is 10.0 Å². The van der Waals surface area contributed by atoms with E-state index in [1.807, 2.05) is 11.8 Å². The molecule has 182 valence electrons. The molecule has 0 aromatic heterocycles. The number of piperazine rings is 1. The SMILES string of the molecule is CCCS(=O)(=O)Nc1ccc(C(=O)N2CCN(C(C)c3c(F)ccc(F)c3F)C[C@@H]2C)cc1.[HH]. The van der Waals surface area contributed by atoms with Crippen molar-refractivity contribution in [1.82, 2.24) is 9.80 Å². The lowest BCUT2D eigenvalue weighted by molar-refractivity contribution is 0.0396. The molecule has 2 aromatic carbocycles. The molecule has 1 amide bonds. The van der Waals surface area contributed by atoms with E-state index in [0.717, 1.165) is 12.1 Å². The number of anilines is 1. The Labute approximate surface area is 193 Å². The van der Waals surface area contributed by atoms with Gasteiger partial charge in [-0.25, -0.2) is 21.6 Å². The van der Waals surface area contributed by atoms with Gasteiger partial charge in [-0.3, -0.25) is 14.4 Å². The highest BCUT2D eigenvalue weighted by atomic mass is 32.2. The number of sulfonamides is 1. The summed E-state index contributed by atoms with van der Waals surface area (Å²) >= 11 is 0. The molecule has 0 radical (unpaired) electrons. The number of hydrogen-bond donors (Lipinski definition) is 1. The molecular weight excluding hydrogens is 455 g/mol. The lowest BCUT2D eigenvalue weighted by Crippen LogP contribution is -2.54. The maximum Gasteiger partial charge on any atom is 0.254 e. The Morgan fingerprint density at radius 1 is 1.12 bits per heavy atom. The largest absolute Gasteiger partial charge is 0.333 e. The van der Waals surface area contributed by atoms with E-state index in [0.29, 0.717) is 37.3 Å². The van der Waals surface area contributed by atoms with Gasteiger partial charge in [0.05, 0.1) is 5.75 Å². The van der Waals surface area contributed by atoms with E-state index in [-0.39, 0.29) is 24.7 Å². The predicted molar refractivity (Wildman–Crippen MR) is 123 cm³/mol. The van der Waals surface area contributed by atoms with Crippen LogP contribution in [0.1, 0.15) is 50.6 Å². The average molecular weight is 486 g/mol. The molecular formula is C23H30F3N3O3S. The number of hydrogen-bond acceptors (Lipinski definition) is 4. The third-order valence-electron chi connectivity index (χ3n) is 5.84. The molecule has 2 atom stereocenters. The van der Waals surface area contributed by atoms with E-state index >= 15 is 0 Å². The first-order chi connectivity index (χ1) is 15.5. The summed E-state index contributed by atoms with van der Waals surface area (Å²) in [6.07, 6.45) is 0.493. The second-order valence-electron chi connectivity index (χ2n) is 8.27. The van der Waals surface area contributed by atoms with E-state index in [4.69, 9.17) is 0 Å². The molecule has 1 aliphatic rings. The Hall–Kier alpha value is -2.59. The van der Waals surface area contributed by atoms with Gasteiger partial charge in [-0.1, -0.05) is 6.92 Å². The van der Waals surface area contributed by atoms with Gasteiger partial charge in [-0.15, -0.1) is 0 Å². The van der Waals surface area contributed by atoms with Crippen LogP contribution >= 0.6 is 0 Å². The van der Waals surface area contributed by atoms with Gasteiger partial charge < -0.3 is 4.90 Å². The topological polar surface area (TPSA) is 69.7 Å². The van der Waals surface area contributed by atoms with Crippen molar-refractivity contribution in [1.29, 1.82) is 0 Å². The third kappa shape index (κ3) is 5.67. The molecule has 1 aliphatic heterocycles. The van der Waals surface area contributed by atoms with Crippen molar-refractivity contribution in [3.63, 3.8) is 0 Å². The van der Waals surface area contributed by atoms with Crippen molar-refractivity contribution in [3.05, 3.63) is 65.0 Å². The Balaban J connectivity index is 0.00000408. The molecule has 0 saturated carbocycles. The first-order valence-corrected chi connectivity index (χ1v) is 12.5. The minimum atomic E-state index is -3.42. The van der Waals surface area contributed by atoms with Crippen LogP contribution in [0.4, 0.5) is 18.9 Å². The molecule has 33 heavy (non-hydrogen) atoms. The Bertz CT molecular complexity index is 1120. The van der Waals surface area contributed by atoms with E-state index in [9.17, 15) is 26.4 Å². The maximum absolute atomic E-state index is 14.2. The zero-order valence-corrected chi connectivity index (χ0v) is 19.6. The minimum absolute atomic E-state index is 0. The number of halogens is 3. The summed E-state index contributed by atoms with van der Waals surface area (Å²) in [6.45, 7) is 6.27. The maximum atomic E-state index is 14.2. The summed E-state index contributed by atoms with van der Waals surface area (Å²) in [5.41, 5.74) is 0.470. The van der Waals surface area contributed by atoms with Gasteiger partial charge in [0.25, 0.3) is 5.91 Å². The van der Waals surface area contributed by atoms with Gasteiger partial charge in [0, 0.05) is 50.0 Å². The highest BCUT2D eigenvalue weighted by Crippen LogP contribution is 2.29. The fourth-order valence-electron chi connectivity index (χ4n) is 4.09. The summed E-state index contributed by atoms with van der Waals surface area (Å²) in [7, 11) is -3.42. The van der Waals surface area contributed by atoms with E-state index in [2.05, 4.69) is 4.72 Å². The summed E-state index contributed by atoms with van der Waals surface area (Å²) in [4.78, 5) is 16.5. The van der Waals surface area contributed by atoms with Crippen molar-refractivity contribution in [2.75, 3.05) is 30.1 Å². The molecule has 10 heteroatoms. The molecule has 3 rings (SSSR count). The molecule has 0 aliphatic carbocycles. The highest BCUT2D eigenvalue weighted by molar-refractivity contribution is 7.92.